The predicted molar refractivity (Wildman–Crippen MR) is 73.5 cm³/mol. The number of halogens is 1. The van der Waals surface area contributed by atoms with E-state index in [4.69, 9.17) is 25.8 Å². The zero-order valence-electron chi connectivity index (χ0n) is 10.7. The first-order chi connectivity index (χ1) is 8.83. The third-order valence-corrected chi connectivity index (χ3v) is 2.48. The zero-order valence-corrected chi connectivity index (χ0v) is 11.4. The first-order valence-corrected chi connectivity index (χ1v) is 6.34. The van der Waals surface area contributed by atoms with Crippen molar-refractivity contribution in [2.45, 2.75) is 0 Å². The third kappa shape index (κ3) is 7.50. The van der Waals surface area contributed by atoms with Crippen LogP contribution in [-0.4, -0.2) is 46.7 Å². The normalized spacial score (nSPS) is 10.6. The molecule has 0 aliphatic rings. The summed E-state index contributed by atoms with van der Waals surface area (Å²) in [5, 5.41) is 3.98. The lowest BCUT2D eigenvalue weighted by Gasteiger charge is -2.08. The second kappa shape index (κ2) is 10.1. The molecule has 1 aromatic rings. The van der Waals surface area contributed by atoms with Gasteiger partial charge in [0.2, 0.25) is 0 Å². The van der Waals surface area contributed by atoms with Crippen LogP contribution in [0.1, 0.15) is 0 Å². The quantitative estimate of drug-likeness (QED) is 0.665. The fourth-order valence-electron chi connectivity index (χ4n) is 1.30. The van der Waals surface area contributed by atoms with E-state index < -0.39 is 0 Å². The molecular weight excluding hydrogens is 254 g/mol. The van der Waals surface area contributed by atoms with E-state index in [1.54, 1.807) is 7.11 Å². The Morgan fingerprint density at radius 1 is 0.944 bits per heavy atom. The van der Waals surface area contributed by atoms with E-state index in [1.807, 2.05) is 24.3 Å². The molecule has 0 atom stereocenters. The molecule has 0 amide bonds. The van der Waals surface area contributed by atoms with Crippen LogP contribution in [0, 0.1) is 0 Å². The van der Waals surface area contributed by atoms with E-state index in [0.29, 0.717) is 33.0 Å². The molecule has 0 unspecified atom stereocenters. The van der Waals surface area contributed by atoms with Gasteiger partial charge in [-0.15, -0.1) is 0 Å². The van der Waals surface area contributed by atoms with Crippen LogP contribution >= 0.6 is 11.6 Å². The standard InChI is InChI=1S/C13H20ClNO3/c1-16-8-9-18-11-10-17-7-6-15-13-4-2-12(14)3-5-13/h2-5,15H,6-11H2,1H3. The van der Waals surface area contributed by atoms with Gasteiger partial charge in [0.05, 0.1) is 33.0 Å². The molecule has 1 rings (SSSR count). The van der Waals surface area contributed by atoms with Crippen molar-refractivity contribution in [3.05, 3.63) is 29.3 Å². The topological polar surface area (TPSA) is 39.7 Å². The Morgan fingerprint density at radius 3 is 2.22 bits per heavy atom. The average molecular weight is 274 g/mol. The molecule has 0 saturated heterocycles. The maximum Gasteiger partial charge on any atom is 0.0701 e. The number of benzene rings is 1. The summed E-state index contributed by atoms with van der Waals surface area (Å²) in [4.78, 5) is 0. The summed E-state index contributed by atoms with van der Waals surface area (Å²) >= 11 is 5.79. The highest BCUT2D eigenvalue weighted by atomic mass is 35.5. The van der Waals surface area contributed by atoms with Gasteiger partial charge in [-0.3, -0.25) is 0 Å². The minimum absolute atomic E-state index is 0.601. The van der Waals surface area contributed by atoms with Crippen molar-refractivity contribution in [1.82, 2.24) is 0 Å². The highest BCUT2D eigenvalue weighted by Crippen LogP contribution is 2.12. The van der Waals surface area contributed by atoms with Gasteiger partial charge in [-0.2, -0.15) is 0 Å². The van der Waals surface area contributed by atoms with Gasteiger partial charge in [-0.05, 0) is 24.3 Å². The van der Waals surface area contributed by atoms with Crippen molar-refractivity contribution in [1.29, 1.82) is 0 Å². The van der Waals surface area contributed by atoms with Crippen molar-refractivity contribution in [3.63, 3.8) is 0 Å². The number of hydrogen-bond acceptors (Lipinski definition) is 4. The van der Waals surface area contributed by atoms with Crippen LogP contribution in [0.5, 0.6) is 0 Å². The van der Waals surface area contributed by atoms with Gasteiger partial charge in [0, 0.05) is 24.4 Å². The summed E-state index contributed by atoms with van der Waals surface area (Å²) in [6, 6.07) is 7.59. The Bertz CT molecular complexity index is 306. The molecule has 0 spiro atoms. The van der Waals surface area contributed by atoms with Crippen LogP contribution in [-0.2, 0) is 14.2 Å². The maximum absolute atomic E-state index is 5.79. The van der Waals surface area contributed by atoms with Crippen LogP contribution in [0.4, 0.5) is 5.69 Å². The molecule has 0 aliphatic carbocycles. The summed E-state index contributed by atoms with van der Waals surface area (Å²) in [6.45, 7) is 3.85. The van der Waals surface area contributed by atoms with Gasteiger partial charge in [-0.1, -0.05) is 11.6 Å². The monoisotopic (exact) mass is 273 g/mol. The van der Waals surface area contributed by atoms with E-state index in [0.717, 1.165) is 17.3 Å². The fraction of sp³-hybridized carbons (Fsp3) is 0.538. The predicted octanol–water partition coefficient (Wildman–Crippen LogP) is 2.43. The van der Waals surface area contributed by atoms with Crippen LogP contribution in [0.15, 0.2) is 24.3 Å². The van der Waals surface area contributed by atoms with Gasteiger partial charge in [-0.25, -0.2) is 0 Å². The van der Waals surface area contributed by atoms with Crippen molar-refractivity contribution in [3.8, 4) is 0 Å². The molecule has 0 aliphatic heterocycles. The summed E-state index contributed by atoms with van der Waals surface area (Å²) in [6.07, 6.45) is 0. The third-order valence-electron chi connectivity index (χ3n) is 2.22. The Morgan fingerprint density at radius 2 is 1.56 bits per heavy atom. The van der Waals surface area contributed by atoms with Gasteiger partial charge in [0.15, 0.2) is 0 Å². The number of rotatable bonds is 10. The Balaban J connectivity index is 1.91. The minimum Gasteiger partial charge on any atom is -0.383 e. The highest BCUT2D eigenvalue weighted by molar-refractivity contribution is 6.30. The maximum atomic E-state index is 5.79. The number of methoxy groups -OCH3 is 1. The number of hydrogen-bond donors (Lipinski definition) is 1. The number of nitrogens with one attached hydrogen (secondary N) is 1. The Hall–Kier alpha value is -0.810. The summed E-state index contributed by atoms with van der Waals surface area (Å²) < 4.78 is 15.5. The molecule has 1 N–H and O–H groups in total. The molecule has 0 fully saturated rings. The first-order valence-electron chi connectivity index (χ1n) is 5.97. The van der Waals surface area contributed by atoms with Crippen LogP contribution in [0.2, 0.25) is 5.02 Å². The molecule has 4 nitrogen and oxygen atoms in total. The van der Waals surface area contributed by atoms with E-state index in [1.165, 1.54) is 0 Å². The lowest BCUT2D eigenvalue weighted by Crippen LogP contribution is -2.13. The molecular formula is C13H20ClNO3. The van der Waals surface area contributed by atoms with Crippen molar-refractivity contribution < 1.29 is 14.2 Å². The fourth-order valence-corrected chi connectivity index (χ4v) is 1.43. The van der Waals surface area contributed by atoms with Gasteiger partial charge in [0.25, 0.3) is 0 Å². The molecule has 0 saturated carbocycles. The van der Waals surface area contributed by atoms with Gasteiger partial charge in [0.1, 0.15) is 0 Å². The summed E-state index contributed by atoms with van der Waals surface area (Å²) in [5.74, 6) is 0. The summed E-state index contributed by atoms with van der Waals surface area (Å²) in [5.41, 5.74) is 1.04. The molecule has 18 heavy (non-hydrogen) atoms. The molecule has 1 aromatic carbocycles. The molecule has 0 bridgehead atoms. The molecule has 5 heteroatoms. The van der Waals surface area contributed by atoms with Crippen molar-refractivity contribution in [2.24, 2.45) is 0 Å². The Labute approximate surface area is 113 Å². The van der Waals surface area contributed by atoms with E-state index in [-0.39, 0.29) is 0 Å². The van der Waals surface area contributed by atoms with E-state index >= 15 is 0 Å². The van der Waals surface area contributed by atoms with Crippen molar-refractivity contribution >= 4 is 17.3 Å². The smallest absolute Gasteiger partial charge is 0.0701 e. The van der Waals surface area contributed by atoms with Gasteiger partial charge < -0.3 is 19.5 Å². The summed E-state index contributed by atoms with van der Waals surface area (Å²) in [7, 11) is 1.66. The largest absolute Gasteiger partial charge is 0.383 e. The molecule has 102 valence electrons. The van der Waals surface area contributed by atoms with Crippen LogP contribution < -0.4 is 5.32 Å². The van der Waals surface area contributed by atoms with Crippen molar-refractivity contribution in [2.75, 3.05) is 52.0 Å². The van der Waals surface area contributed by atoms with Crippen LogP contribution in [0.3, 0.4) is 0 Å². The SMILES string of the molecule is COCCOCCOCCNc1ccc(Cl)cc1. The highest BCUT2D eigenvalue weighted by Gasteiger charge is 1.93. The first kappa shape index (κ1) is 15.2. The zero-order chi connectivity index (χ0) is 13.1. The Kier molecular flexibility index (Phi) is 8.59. The second-order valence-corrected chi connectivity index (χ2v) is 4.09. The van der Waals surface area contributed by atoms with E-state index in [2.05, 4.69) is 5.32 Å². The van der Waals surface area contributed by atoms with E-state index in [9.17, 15) is 0 Å². The molecule has 0 aromatic heterocycles. The number of anilines is 1. The lowest BCUT2D eigenvalue weighted by molar-refractivity contribution is 0.0272. The second-order valence-electron chi connectivity index (χ2n) is 3.65. The lowest BCUT2D eigenvalue weighted by atomic mass is 10.3. The average Bonchev–Trinajstić information content (AvgIpc) is 2.39. The molecule has 0 radical (unpaired) electrons. The van der Waals surface area contributed by atoms with Crippen LogP contribution in [0.25, 0.3) is 0 Å². The minimum atomic E-state index is 0.601. The molecule has 0 heterocycles. The number of ether oxygens (including phenoxy) is 3. The van der Waals surface area contributed by atoms with Gasteiger partial charge >= 0.3 is 0 Å².